The molecule has 2 amide bonds. The molecule has 2 fully saturated rings. The van der Waals surface area contributed by atoms with Crippen LogP contribution in [0.4, 0.5) is 18.9 Å². The number of nitrogens with zero attached hydrogens (tertiary/aromatic N) is 2. The predicted molar refractivity (Wildman–Crippen MR) is 100 cm³/mol. The van der Waals surface area contributed by atoms with Crippen molar-refractivity contribution in [3.05, 3.63) is 28.8 Å². The lowest BCUT2D eigenvalue weighted by atomic mass is 10.0. The van der Waals surface area contributed by atoms with Crippen molar-refractivity contribution in [3.63, 3.8) is 0 Å². The van der Waals surface area contributed by atoms with Crippen LogP contribution in [-0.4, -0.2) is 54.3 Å². The van der Waals surface area contributed by atoms with E-state index in [1.807, 2.05) is 9.80 Å². The van der Waals surface area contributed by atoms with Gasteiger partial charge in [-0.1, -0.05) is 11.6 Å². The van der Waals surface area contributed by atoms with Crippen LogP contribution in [0.3, 0.4) is 0 Å². The average molecular weight is 418 g/mol. The summed E-state index contributed by atoms with van der Waals surface area (Å²) in [6.07, 6.45) is -0.614. The molecule has 1 unspecified atom stereocenters. The Labute approximate surface area is 166 Å². The van der Waals surface area contributed by atoms with Crippen LogP contribution >= 0.6 is 11.6 Å². The number of alkyl halides is 3. The van der Waals surface area contributed by atoms with Crippen molar-refractivity contribution >= 4 is 29.1 Å². The number of likely N-dealkylation sites (tertiary alicyclic amines) is 2. The molecular weight excluding hydrogens is 395 g/mol. The van der Waals surface area contributed by atoms with Crippen LogP contribution in [0.1, 0.15) is 31.2 Å². The fourth-order valence-corrected chi connectivity index (χ4v) is 3.91. The fourth-order valence-electron chi connectivity index (χ4n) is 3.74. The standard InChI is InChI=1S/C19H23ClF3N3O2/c20-15-5-4-14(19(21,22)23)10-16(15)24-17(27)12-25-9-6-13(11-25)18(28)26-7-2-1-3-8-26/h4-5,10,13H,1-3,6-9,11-12H2,(H,24,27). The third-order valence-corrected chi connectivity index (χ3v) is 5.55. The average Bonchev–Trinajstić information content (AvgIpc) is 3.11. The van der Waals surface area contributed by atoms with Gasteiger partial charge < -0.3 is 10.2 Å². The molecule has 2 heterocycles. The van der Waals surface area contributed by atoms with Gasteiger partial charge in [0.05, 0.1) is 28.7 Å². The van der Waals surface area contributed by atoms with Crippen molar-refractivity contribution in [1.29, 1.82) is 0 Å². The lowest BCUT2D eigenvalue weighted by Gasteiger charge is -2.29. The number of hydrogen-bond donors (Lipinski definition) is 1. The summed E-state index contributed by atoms with van der Waals surface area (Å²) in [5.74, 6) is -0.432. The van der Waals surface area contributed by atoms with Crippen molar-refractivity contribution in [2.24, 2.45) is 5.92 Å². The molecule has 154 valence electrons. The Morgan fingerprint density at radius 2 is 1.86 bits per heavy atom. The van der Waals surface area contributed by atoms with Gasteiger partial charge in [0, 0.05) is 19.6 Å². The number of piperidine rings is 1. The molecule has 0 aromatic heterocycles. The fraction of sp³-hybridized carbons (Fsp3) is 0.579. The third-order valence-electron chi connectivity index (χ3n) is 5.22. The largest absolute Gasteiger partial charge is 0.416 e. The first-order valence-electron chi connectivity index (χ1n) is 9.42. The summed E-state index contributed by atoms with van der Waals surface area (Å²) in [5, 5.41) is 2.49. The number of halogens is 4. The second-order valence-electron chi connectivity index (χ2n) is 7.35. The number of rotatable bonds is 4. The van der Waals surface area contributed by atoms with Gasteiger partial charge in [-0.2, -0.15) is 13.2 Å². The first-order chi connectivity index (χ1) is 13.2. The number of carbonyl (C=O) groups is 2. The minimum atomic E-state index is -4.51. The van der Waals surface area contributed by atoms with Crippen molar-refractivity contribution in [2.75, 3.05) is 38.0 Å². The smallest absolute Gasteiger partial charge is 0.342 e. The first kappa shape index (κ1) is 20.9. The van der Waals surface area contributed by atoms with Crippen LogP contribution in [0.25, 0.3) is 0 Å². The summed E-state index contributed by atoms with van der Waals surface area (Å²) >= 11 is 5.91. The van der Waals surface area contributed by atoms with Gasteiger partial charge in [-0.05, 0) is 50.4 Å². The zero-order chi connectivity index (χ0) is 20.3. The SMILES string of the molecule is O=C(CN1CCC(C(=O)N2CCCCC2)C1)Nc1cc(C(F)(F)F)ccc1Cl. The Morgan fingerprint density at radius 3 is 2.54 bits per heavy atom. The lowest BCUT2D eigenvalue weighted by molar-refractivity contribution is -0.137. The number of nitrogens with one attached hydrogen (secondary N) is 1. The molecule has 1 N–H and O–H groups in total. The molecule has 0 aliphatic carbocycles. The van der Waals surface area contributed by atoms with Crippen LogP contribution in [0.5, 0.6) is 0 Å². The maximum absolute atomic E-state index is 12.8. The molecule has 1 aromatic rings. The molecule has 9 heteroatoms. The molecule has 1 aromatic carbocycles. The summed E-state index contributed by atoms with van der Waals surface area (Å²) in [4.78, 5) is 28.6. The van der Waals surface area contributed by atoms with Crippen LogP contribution < -0.4 is 5.32 Å². The van der Waals surface area contributed by atoms with Gasteiger partial charge in [0.1, 0.15) is 0 Å². The Morgan fingerprint density at radius 1 is 1.14 bits per heavy atom. The summed E-state index contributed by atoms with van der Waals surface area (Å²) < 4.78 is 38.5. The summed E-state index contributed by atoms with van der Waals surface area (Å²) in [5.41, 5.74) is -0.942. The first-order valence-corrected chi connectivity index (χ1v) is 9.79. The van der Waals surface area contributed by atoms with Crippen LogP contribution in [-0.2, 0) is 15.8 Å². The van der Waals surface area contributed by atoms with E-state index in [0.29, 0.717) is 19.5 Å². The Balaban J connectivity index is 1.54. The highest BCUT2D eigenvalue weighted by atomic mass is 35.5. The minimum Gasteiger partial charge on any atom is -0.342 e. The topological polar surface area (TPSA) is 52.7 Å². The summed E-state index contributed by atoms with van der Waals surface area (Å²) in [7, 11) is 0. The van der Waals surface area contributed by atoms with Crippen molar-refractivity contribution in [1.82, 2.24) is 9.80 Å². The molecule has 2 aliphatic rings. The third kappa shape index (κ3) is 5.17. The second-order valence-corrected chi connectivity index (χ2v) is 7.75. The molecular formula is C19H23ClF3N3O2. The van der Waals surface area contributed by atoms with Crippen molar-refractivity contribution < 1.29 is 22.8 Å². The second kappa shape index (κ2) is 8.69. The summed E-state index contributed by atoms with van der Waals surface area (Å²) in [6.45, 7) is 2.69. The van der Waals surface area contributed by atoms with E-state index in [9.17, 15) is 22.8 Å². The van der Waals surface area contributed by atoms with Gasteiger partial charge in [0.25, 0.3) is 0 Å². The van der Waals surface area contributed by atoms with Gasteiger partial charge in [-0.15, -0.1) is 0 Å². The number of benzene rings is 1. The van der Waals surface area contributed by atoms with Gasteiger partial charge >= 0.3 is 6.18 Å². The van der Waals surface area contributed by atoms with Gasteiger partial charge in [-0.3, -0.25) is 14.5 Å². The maximum atomic E-state index is 12.8. The molecule has 0 bridgehead atoms. The minimum absolute atomic E-state index is 0.0103. The highest BCUT2D eigenvalue weighted by molar-refractivity contribution is 6.33. The van der Waals surface area contributed by atoms with Crippen LogP contribution in [0.2, 0.25) is 5.02 Å². The molecule has 2 aliphatic heterocycles. The summed E-state index contributed by atoms with van der Waals surface area (Å²) in [6, 6.07) is 2.81. The van der Waals surface area contributed by atoms with E-state index < -0.39 is 17.6 Å². The van der Waals surface area contributed by atoms with Crippen LogP contribution in [0, 0.1) is 5.92 Å². The Bertz CT molecular complexity index is 736. The van der Waals surface area contributed by atoms with E-state index in [4.69, 9.17) is 11.6 Å². The molecule has 0 saturated carbocycles. The van der Waals surface area contributed by atoms with Crippen molar-refractivity contribution in [3.8, 4) is 0 Å². The van der Waals surface area contributed by atoms with E-state index in [0.717, 1.165) is 50.6 Å². The normalized spacial score (nSPS) is 21.0. The quantitative estimate of drug-likeness (QED) is 0.814. The molecule has 3 rings (SSSR count). The van der Waals surface area contributed by atoms with E-state index in [1.165, 1.54) is 0 Å². The number of carbonyl (C=O) groups excluding carboxylic acids is 2. The molecule has 1 atom stereocenters. The van der Waals surface area contributed by atoms with Crippen molar-refractivity contribution in [2.45, 2.75) is 31.9 Å². The zero-order valence-electron chi connectivity index (χ0n) is 15.4. The lowest BCUT2D eigenvalue weighted by Crippen LogP contribution is -2.41. The van der Waals surface area contributed by atoms with Gasteiger partial charge in [0.15, 0.2) is 0 Å². The van der Waals surface area contributed by atoms with E-state index >= 15 is 0 Å². The Hall–Kier alpha value is -1.80. The number of anilines is 1. The number of hydrogen-bond acceptors (Lipinski definition) is 3. The molecule has 0 spiro atoms. The van der Waals surface area contributed by atoms with E-state index in [-0.39, 0.29) is 29.1 Å². The van der Waals surface area contributed by atoms with Gasteiger partial charge in [-0.25, -0.2) is 0 Å². The Kier molecular flexibility index (Phi) is 6.50. The predicted octanol–water partition coefficient (Wildman–Crippen LogP) is 3.63. The molecule has 2 saturated heterocycles. The van der Waals surface area contributed by atoms with Crippen LogP contribution in [0.15, 0.2) is 18.2 Å². The van der Waals surface area contributed by atoms with E-state index in [2.05, 4.69) is 5.32 Å². The van der Waals surface area contributed by atoms with E-state index in [1.54, 1.807) is 0 Å². The highest BCUT2D eigenvalue weighted by Gasteiger charge is 2.33. The highest BCUT2D eigenvalue weighted by Crippen LogP contribution is 2.33. The molecule has 28 heavy (non-hydrogen) atoms. The molecule has 5 nitrogen and oxygen atoms in total. The molecule has 0 radical (unpaired) electrons. The van der Waals surface area contributed by atoms with Gasteiger partial charge in [0.2, 0.25) is 11.8 Å². The maximum Gasteiger partial charge on any atom is 0.416 e. The number of amides is 2. The zero-order valence-corrected chi connectivity index (χ0v) is 16.2. The monoisotopic (exact) mass is 417 g/mol.